The first-order chi connectivity index (χ1) is 13.3. The van der Waals surface area contributed by atoms with Gasteiger partial charge in [0.25, 0.3) is 5.91 Å². The van der Waals surface area contributed by atoms with Crippen LogP contribution in [0.3, 0.4) is 0 Å². The summed E-state index contributed by atoms with van der Waals surface area (Å²) in [4.78, 5) is 12.5. The summed E-state index contributed by atoms with van der Waals surface area (Å²) in [6.45, 7) is 1.95. The van der Waals surface area contributed by atoms with Gasteiger partial charge in [-0.1, -0.05) is 41.9 Å². The standard InChI is InChI=1S/C20H17ClF3N3O/c1-13-17(18(21)27(26-13)16-5-3-2-4-6-16)19(28)25-12-11-14-7-9-15(10-8-14)20(22,23)24/h2-10H,11-12H2,1H3,(H,25,28). The molecule has 3 aromatic rings. The first-order valence-corrected chi connectivity index (χ1v) is 8.90. The van der Waals surface area contributed by atoms with E-state index in [0.717, 1.165) is 17.8 Å². The smallest absolute Gasteiger partial charge is 0.352 e. The third kappa shape index (κ3) is 4.36. The van der Waals surface area contributed by atoms with Gasteiger partial charge in [-0.05, 0) is 43.2 Å². The predicted molar refractivity (Wildman–Crippen MR) is 101 cm³/mol. The Kier molecular flexibility index (Phi) is 5.74. The summed E-state index contributed by atoms with van der Waals surface area (Å²) in [7, 11) is 0. The maximum atomic E-state index is 12.6. The van der Waals surface area contributed by atoms with Crippen LogP contribution in [0.25, 0.3) is 5.69 Å². The lowest BCUT2D eigenvalue weighted by Crippen LogP contribution is -2.26. The summed E-state index contributed by atoms with van der Waals surface area (Å²) in [5.74, 6) is -0.378. The van der Waals surface area contributed by atoms with Crippen LogP contribution in [-0.4, -0.2) is 22.2 Å². The van der Waals surface area contributed by atoms with E-state index in [2.05, 4.69) is 10.4 Å². The summed E-state index contributed by atoms with van der Waals surface area (Å²) in [5.41, 5.74) is 1.49. The average molecular weight is 408 g/mol. The topological polar surface area (TPSA) is 46.9 Å². The largest absolute Gasteiger partial charge is 0.416 e. The molecule has 0 bridgehead atoms. The van der Waals surface area contributed by atoms with Crippen LogP contribution in [0.2, 0.25) is 5.15 Å². The van der Waals surface area contributed by atoms with Gasteiger partial charge in [-0.25, -0.2) is 4.68 Å². The molecule has 2 aromatic carbocycles. The normalized spacial score (nSPS) is 11.5. The minimum absolute atomic E-state index is 0.204. The fraction of sp³-hybridized carbons (Fsp3) is 0.200. The number of carbonyl (C=O) groups is 1. The van der Waals surface area contributed by atoms with E-state index >= 15 is 0 Å². The SMILES string of the molecule is Cc1nn(-c2ccccc2)c(Cl)c1C(=O)NCCc1ccc(C(F)(F)F)cc1. The maximum Gasteiger partial charge on any atom is 0.416 e. The fourth-order valence-corrected chi connectivity index (χ4v) is 3.12. The minimum Gasteiger partial charge on any atom is -0.352 e. The van der Waals surface area contributed by atoms with Crippen molar-refractivity contribution in [3.05, 3.63) is 82.1 Å². The molecule has 0 spiro atoms. The number of hydrogen-bond acceptors (Lipinski definition) is 2. The molecule has 0 saturated heterocycles. The number of para-hydroxylation sites is 1. The van der Waals surface area contributed by atoms with Crippen molar-refractivity contribution in [2.24, 2.45) is 0 Å². The van der Waals surface area contributed by atoms with Gasteiger partial charge in [-0.15, -0.1) is 0 Å². The van der Waals surface area contributed by atoms with Crippen LogP contribution in [0.5, 0.6) is 0 Å². The lowest BCUT2D eigenvalue weighted by molar-refractivity contribution is -0.137. The van der Waals surface area contributed by atoms with Gasteiger partial charge in [0.2, 0.25) is 0 Å². The number of rotatable bonds is 5. The van der Waals surface area contributed by atoms with Crippen LogP contribution in [0.4, 0.5) is 13.2 Å². The second-order valence-electron chi connectivity index (χ2n) is 6.20. The first kappa shape index (κ1) is 19.9. The number of carbonyl (C=O) groups excluding carboxylic acids is 1. The molecule has 0 aliphatic rings. The van der Waals surface area contributed by atoms with Gasteiger partial charge in [-0.2, -0.15) is 18.3 Å². The molecule has 1 amide bonds. The molecule has 0 unspecified atom stereocenters. The van der Waals surface area contributed by atoms with Crippen molar-refractivity contribution >= 4 is 17.5 Å². The van der Waals surface area contributed by atoms with E-state index in [1.165, 1.54) is 16.8 Å². The molecule has 0 aliphatic heterocycles. The van der Waals surface area contributed by atoms with Gasteiger partial charge < -0.3 is 5.32 Å². The highest BCUT2D eigenvalue weighted by atomic mass is 35.5. The molecule has 28 heavy (non-hydrogen) atoms. The quantitative estimate of drug-likeness (QED) is 0.658. The molecule has 0 fully saturated rings. The molecule has 8 heteroatoms. The van der Waals surface area contributed by atoms with Gasteiger partial charge in [-0.3, -0.25) is 4.79 Å². The molecular weight excluding hydrogens is 391 g/mol. The van der Waals surface area contributed by atoms with E-state index in [0.29, 0.717) is 17.7 Å². The Morgan fingerprint density at radius 1 is 1.11 bits per heavy atom. The zero-order valence-corrected chi connectivity index (χ0v) is 15.7. The second-order valence-corrected chi connectivity index (χ2v) is 6.56. The average Bonchev–Trinajstić information content (AvgIpc) is 2.96. The highest BCUT2D eigenvalue weighted by Gasteiger charge is 2.29. The van der Waals surface area contributed by atoms with Gasteiger partial charge in [0, 0.05) is 6.54 Å². The molecule has 1 heterocycles. The zero-order chi connectivity index (χ0) is 20.3. The molecule has 0 saturated carbocycles. The molecule has 0 atom stereocenters. The summed E-state index contributed by atoms with van der Waals surface area (Å²) in [5, 5.41) is 7.26. The molecule has 1 aromatic heterocycles. The summed E-state index contributed by atoms with van der Waals surface area (Å²) in [6, 6.07) is 14.1. The number of nitrogens with one attached hydrogen (secondary N) is 1. The van der Waals surface area contributed by atoms with Crippen molar-refractivity contribution in [2.75, 3.05) is 6.54 Å². The second kappa shape index (κ2) is 8.06. The van der Waals surface area contributed by atoms with Crippen molar-refractivity contribution < 1.29 is 18.0 Å². The number of halogens is 4. The predicted octanol–water partition coefficient (Wildman–Crippen LogP) is 4.83. The molecule has 146 valence electrons. The number of benzene rings is 2. The Labute approximate surface area is 164 Å². The van der Waals surface area contributed by atoms with Crippen molar-refractivity contribution in [3.63, 3.8) is 0 Å². The number of nitrogens with zero attached hydrogens (tertiary/aromatic N) is 2. The molecule has 1 N–H and O–H groups in total. The van der Waals surface area contributed by atoms with Gasteiger partial charge >= 0.3 is 6.18 Å². The fourth-order valence-electron chi connectivity index (χ4n) is 2.77. The Balaban J connectivity index is 1.65. The van der Waals surface area contributed by atoms with Crippen molar-refractivity contribution in [3.8, 4) is 5.69 Å². The summed E-state index contributed by atoms with van der Waals surface area (Å²) in [6.07, 6.45) is -3.96. The van der Waals surface area contributed by atoms with Crippen LogP contribution < -0.4 is 5.32 Å². The van der Waals surface area contributed by atoms with E-state index in [1.54, 1.807) is 6.92 Å². The van der Waals surface area contributed by atoms with Gasteiger partial charge in [0.05, 0.1) is 22.5 Å². The van der Waals surface area contributed by atoms with Crippen molar-refractivity contribution in [1.82, 2.24) is 15.1 Å². The van der Waals surface area contributed by atoms with Gasteiger partial charge in [0.1, 0.15) is 5.15 Å². The number of alkyl halides is 3. The summed E-state index contributed by atoms with van der Waals surface area (Å²) >= 11 is 6.35. The Morgan fingerprint density at radius 3 is 2.36 bits per heavy atom. The summed E-state index contributed by atoms with van der Waals surface area (Å²) < 4.78 is 39.3. The first-order valence-electron chi connectivity index (χ1n) is 8.52. The van der Waals surface area contributed by atoms with E-state index in [-0.39, 0.29) is 23.2 Å². The van der Waals surface area contributed by atoms with Crippen LogP contribution in [0.15, 0.2) is 54.6 Å². The maximum absolute atomic E-state index is 12.6. The Hall–Kier alpha value is -2.80. The number of amides is 1. The molecular formula is C20H17ClF3N3O. The van der Waals surface area contributed by atoms with Crippen LogP contribution >= 0.6 is 11.6 Å². The zero-order valence-electron chi connectivity index (χ0n) is 14.9. The number of aryl methyl sites for hydroxylation is 1. The van der Waals surface area contributed by atoms with E-state index in [9.17, 15) is 18.0 Å². The highest BCUT2D eigenvalue weighted by molar-refractivity contribution is 6.33. The molecule has 0 radical (unpaired) electrons. The van der Waals surface area contributed by atoms with E-state index in [4.69, 9.17) is 11.6 Å². The lowest BCUT2D eigenvalue weighted by Gasteiger charge is -2.08. The molecule has 0 aliphatic carbocycles. The molecule has 3 rings (SSSR count). The van der Waals surface area contributed by atoms with Crippen LogP contribution in [0.1, 0.15) is 27.2 Å². The van der Waals surface area contributed by atoms with Crippen molar-refractivity contribution in [2.45, 2.75) is 19.5 Å². The van der Waals surface area contributed by atoms with E-state index < -0.39 is 11.7 Å². The van der Waals surface area contributed by atoms with E-state index in [1.807, 2.05) is 30.3 Å². The lowest BCUT2D eigenvalue weighted by atomic mass is 10.1. The van der Waals surface area contributed by atoms with Gasteiger partial charge in [0.15, 0.2) is 0 Å². The van der Waals surface area contributed by atoms with Crippen molar-refractivity contribution in [1.29, 1.82) is 0 Å². The Morgan fingerprint density at radius 2 is 1.75 bits per heavy atom. The minimum atomic E-state index is -4.36. The molecule has 4 nitrogen and oxygen atoms in total. The van der Waals surface area contributed by atoms with Crippen LogP contribution in [-0.2, 0) is 12.6 Å². The number of hydrogen-bond donors (Lipinski definition) is 1. The third-order valence-corrected chi connectivity index (χ3v) is 4.56. The third-order valence-electron chi connectivity index (χ3n) is 4.21. The number of aromatic nitrogens is 2. The van der Waals surface area contributed by atoms with Crippen LogP contribution in [0, 0.1) is 6.92 Å². The monoisotopic (exact) mass is 407 g/mol. The highest BCUT2D eigenvalue weighted by Crippen LogP contribution is 2.29. The Bertz CT molecular complexity index is 967.